The Balaban J connectivity index is 1.29. The third-order valence-corrected chi connectivity index (χ3v) is 14.6. The number of Topliss-reactive ketones (excluding diaryl/α,β-unsaturated/α-hetero) is 2. The highest BCUT2D eigenvalue weighted by molar-refractivity contribution is 8.01. The van der Waals surface area contributed by atoms with E-state index in [0.717, 1.165) is 69.4 Å². The standard InChI is InChI=1S/C38H37F3N14O5S4/c1-52-36(46-48-50-52)63-28-18-42-32(61-28)44-34(58)54(26-14-12-22(38(39,40)41)16-24(26)30(56)20-8-4-5-9-20)55(27-15-13-23(60-3)17-25(27)31(57)21-10-6-7-11-21)35(59)45-33-43-19-29(62-33)64-37-47-49-51-53(37)2/h12-21H,4-11H2,1-3H3,(H,42,44,58)(H,43,45,59). The molecule has 2 N–H and O–H groups in total. The molecule has 0 spiro atoms. The number of carbonyl (C=O) groups is 4. The monoisotopic (exact) mass is 954 g/mol. The van der Waals surface area contributed by atoms with E-state index in [4.69, 9.17) is 4.74 Å². The normalized spacial score (nSPS) is 14.5. The molecular weight excluding hydrogens is 918 g/mol. The molecule has 2 aromatic carbocycles. The number of aromatic nitrogens is 10. The van der Waals surface area contributed by atoms with Crippen LogP contribution in [-0.4, -0.2) is 81.1 Å². The minimum atomic E-state index is -4.88. The van der Waals surface area contributed by atoms with Gasteiger partial charge in [-0.2, -0.15) is 23.2 Å². The van der Waals surface area contributed by atoms with Crippen LogP contribution in [0.25, 0.3) is 0 Å². The number of nitrogens with one attached hydrogen (secondary N) is 2. The molecule has 4 aromatic heterocycles. The summed E-state index contributed by atoms with van der Waals surface area (Å²) in [6, 6.07) is 4.57. The molecule has 26 heteroatoms. The van der Waals surface area contributed by atoms with Gasteiger partial charge in [0.25, 0.3) is 0 Å². The molecule has 4 amide bonds. The maximum absolute atomic E-state index is 15.2. The van der Waals surface area contributed by atoms with Crippen LogP contribution in [0.3, 0.4) is 0 Å². The lowest BCUT2D eigenvalue weighted by Crippen LogP contribution is -2.55. The van der Waals surface area contributed by atoms with Crippen molar-refractivity contribution in [1.82, 2.24) is 50.4 Å². The van der Waals surface area contributed by atoms with E-state index in [2.05, 4.69) is 51.7 Å². The third-order valence-electron chi connectivity index (χ3n) is 10.5. The summed E-state index contributed by atoms with van der Waals surface area (Å²) in [5.41, 5.74) is -2.10. The van der Waals surface area contributed by atoms with Gasteiger partial charge in [-0.3, -0.25) is 20.2 Å². The van der Waals surface area contributed by atoms with E-state index in [1.807, 2.05) is 0 Å². The highest BCUT2D eigenvalue weighted by Gasteiger charge is 2.40. The van der Waals surface area contributed by atoms with Gasteiger partial charge in [0.05, 0.1) is 44.9 Å². The molecule has 64 heavy (non-hydrogen) atoms. The summed E-state index contributed by atoms with van der Waals surface area (Å²) in [4.78, 5) is 68.0. The van der Waals surface area contributed by atoms with Crippen LogP contribution in [0.15, 0.2) is 67.5 Å². The van der Waals surface area contributed by atoms with Crippen LogP contribution < -0.4 is 25.4 Å². The van der Waals surface area contributed by atoms with Crippen LogP contribution in [0.1, 0.15) is 77.6 Å². The molecule has 334 valence electrons. The fourth-order valence-corrected chi connectivity index (χ4v) is 10.8. The number of hydrogen-bond donors (Lipinski definition) is 2. The Morgan fingerprint density at radius 1 is 0.719 bits per heavy atom. The number of benzene rings is 2. The van der Waals surface area contributed by atoms with Crippen molar-refractivity contribution in [1.29, 1.82) is 0 Å². The maximum atomic E-state index is 15.2. The van der Waals surface area contributed by atoms with E-state index < -0.39 is 47.0 Å². The molecule has 2 aliphatic carbocycles. The Hall–Kier alpha value is -5.99. The Morgan fingerprint density at radius 2 is 1.17 bits per heavy atom. The van der Waals surface area contributed by atoms with Gasteiger partial charge in [-0.25, -0.2) is 28.9 Å². The lowest BCUT2D eigenvalue weighted by atomic mass is 9.93. The Morgan fingerprint density at radius 3 is 1.59 bits per heavy atom. The van der Waals surface area contributed by atoms with Gasteiger partial charge < -0.3 is 4.74 Å². The highest BCUT2D eigenvalue weighted by atomic mass is 32.2. The number of halogens is 3. The maximum Gasteiger partial charge on any atom is 0.416 e. The molecule has 4 heterocycles. The van der Waals surface area contributed by atoms with Gasteiger partial charge in [0.2, 0.25) is 10.3 Å². The van der Waals surface area contributed by atoms with Crippen LogP contribution in [0.2, 0.25) is 0 Å². The average Bonchev–Trinajstić information content (AvgIpc) is 4.15. The van der Waals surface area contributed by atoms with Crippen molar-refractivity contribution < 1.29 is 37.1 Å². The quantitative estimate of drug-likeness (QED) is 0.0819. The number of rotatable bonds is 13. The zero-order valence-electron chi connectivity index (χ0n) is 34.1. The predicted molar refractivity (Wildman–Crippen MR) is 230 cm³/mol. The van der Waals surface area contributed by atoms with E-state index in [1.165, 1.54) is 58.8 Å². The number of methoxy groups -OCH3 is 1. The second-order valence-corrected chi connectivity index (χ2v) is 19.2. The first-order valence-corrected chi connectivity index (χ1v) is 23.0. The van der Waals surface area contributed by atoms with E-state index >= 15 is 9.59 Å². The van der Waals surface area contributed by atoms with Gasteiger partial charge in [-0.05, 0) is 106 Å². The Labute approximate surface area is 378 Å². The Bertz CT molecular complexity index is 2690. The van der Waals surface area contributed by atoms with Crippen molar-refractivity contribution in [3.63, 3.8) is 0 Å². The third kappa shape index (κ3) is 9.73. The molecule has 0 atom stereocenters. The SMILES string of the molecule is COc1ccc(N(C(=O)Nc2ncc(Sc3nnnn3C)s2)N(C(=O)Nc2ncc(Sc3nnnn3C)s2)c2ccc(C(F)(F)F)cc2C(=O)C2CCCC2)c(C(=O)C2CCCC2)c1. The number of urea groups is 2. The topological polar surface area (TPSA) is 221 Å². The number of hydrogen-bond acceptors (Lipinski definition) is 17. The molecular formula is C38H37F3N14O5S4. The molecule has 0 unspecified atom stereocenters. The molecule has 0 bridgehead atoms. The zero-order valence-corrected chi connectivity index (χ0v) is 37.4. The number of thiazole rings is 2. The summed E-state index contributed by atoms with van der Waals surface area (Å²) < 4.78 is 53.0. The van der Waals surface area contributed by atoms with Crippen molar-refractivity contribution in [3.05, 3.63) is 65.5 Å². The fraction of sp³-hybridized carbons (Fsp3) is 0.368. The van der Waals surface area contributed by atoms with Gasteiger partial charge >= 0.3 is 18.2 Å². The number of nitrogens with zero attached hydrogens (tertiary/aromatic N) is 12. The number of aryl methyl sites for hydroxylation is 2. The van der Waals surface area contributed by atoms with Crippen LogP contribution in [0, 0.1) is 11.8 Å². The van der Waals surface area contributed by atoms with Crippen LogP contribution >= 0.6 is 46.2 Å². The number of ketones is 2. The number of hydrazine groups is 1. The van der Waals surface area contributed by atoms with E-state index in [1.54, 1.807) is 14.1 Å². The van der Waals surface area contributed by atoms with Gasteiger partial charge in [0.15, 0.2) is 21.8 Å². The molecule has 2 saturated carbocycles. The number of ether oxygens (including phenoxy) is 1. The molecule has 0 radical (unpaired) electrons. The number of carbonyl (C=O) groups excluding carboxylic acids is 4. The van der Waals surface area contributed by atoms with Gasteiger partial charge in [-0.1, -0.05) is 48.4 Å². The minimum absolute atomic E-state index is 0.00910. The highest BCUT2D eigenvalue weighted by Crippen LogP contribution is 2.41. The van der Waals surface area contributed by atoms with Crippen molar-refractivity contribution in [2.24, 2.45) is 25.9 Å². The van der Waals surface area contributed by atoms with E-state index in [-0.39, 0.29) is 38.7 Å². The molecule has 0 saturated heterocycles. The minimum Gasteiger partial charge on any atom is -0.497 e. The fourth-order valence-electron chi connectivity index (χ4n) is 7.36. The van der Waals surface area contributed by atoms with Crippen LogP contribution in [-0.2, 0) is 20.3 Å². The second-order valence-electron chi connectivity index (χ2n) is 14.6. The number of alkyl halides is 3. The molecule has 6 aromatic rings. The van der Waals surface area contributed by atoms with E-state index in [0.29, 0.717) is 63.3 Å². The number of tetrazole rings is 2. The second kappa shape index (κ2) is 19.0. The molecule has 19 nitrogen and oxygen atoms in total. The summed E-state index contributed by atoms with van der Waals surface area (Å²) in [5, 5.41) is 30.8. The molecule has 2 fully saturated rings. The number of anilines is 4. The first kappa shape index (κ1) is 44.6. The zero-order chi connectivity index (χ0) is 45.1. The molecule has 2 aliphatic rings. The van der Waals surface area contributed by atoms with Crippen molar-refractivity contribution >= 4 is 91.5 Å². The van der Waals surface area contributed by atoms with Crippen LogP contribution in [0.5, 0.6) is 5.75 Å². The van der Waals surface area contributed by atoms with Gasteiger partial charge in [0, 0.05) is 37.1 Å². The Kier molecular flexibility index (Phi) is 13.2. The van der Waals surface area contributed by atoms with Crippen molar-refractivity contribution in [2.75, 3.05) is 27.8 Å². The largest absolute Gasteiger partial charge is 0.497 e. The first-order chi connectivity index (χ1) is 30.8. The lowest BCUT2D eigenvalue weighted by molar-refractivity contribution is -0.137. The number of amides is 4. The summed E-state index contributed by atoms with van der Waals surface area (Å²) in [7, 11) is 4.70. The molecule has 8 rings (SSSR count). The summed E-state index contributed by atoms with van der Waals surface area (Å²) in [6.45, 7) is 0. The van der Waals surface area contributed by atoms with Crippen molar-refractivity contribution in [3.8, 4) is 5.75 Å². The van der Waals surface area contributed by atoms with Crippen LogP contribution in [0.4, 0.5) is 44.4 Å². The smallest absolute Gasteiger partial charge is 0.416 e. The summed E-state index contributed by atoms with van der Waals surface area (Å²) >= 11 is 4.39. The van der Waals surface area contributed by atoms with E-state index in [9.17, 15) is 22.8 Å². The molecule has 0 aliphatic heterocycles. The van der Waals surface area contributed by atoms with Crippen molar-refractivity contribution in [2.45, 2.75) is 76.3 Å². The first-order valence-electron chi connectivity index (χ1n) is 19.7. The van der Waals surface area contributed by atoms with Gasteiger partial charge in [-0.15, -0.1) is 10.2 Å². The van der Waals surface area contributed by atoms with Gasteiger partial charge in [0.1, 0.15) is 5.75 Å². The average molecular weight is 955 g/mol. The summed E-state index contributed by atoms with van der Waals surface area (Å²) in [5.74, 6) is -1.81. The lowest BCUT2D eigenvalue weighted by Gasteiger charge is -2.36. The predicted octanol–water partition coefficient (Wildman–Crippen LogP) is 8.41. The summed E-state index contributed by atoms with van der Waals surface area (Å²) in [6.07, 6.45) is 2.97.